The van der Waals surface area contributed by atoms with Crippen molar-refractivity contribution in [1.29, 1.82) is 0 Å². The summed E-state index contributed by atoms with van der Waals surface area (Å²) in [5.74, 6) is -0.115. The van der Waals surface area contributed by atoms with Gasteiger partial charge in [0.25, 0.3) is 0 Å². The third-order valence-corrected chi connectivity index (χ3v) is 3.09. The molecule has 4 heteroatoms. The predicted molar refractivity (Wildman–Crippen MR) is 77.2 cm³/mol. The Morgan fingerprint density at radius 3 is 2.00 bits per heavy atom. The van der Waals surface area contributed by atoms with Gasteiger partial charge in [0, 0.05) is 6.42 Å². The third-order valence-electron chi connectivity index (χ3n) is 3.09. The summed E-state index contributed by atoms with van der Waals surface area (Å²) in [6, 6.07) is 0. The summed E-state index contributed by atoms with van der Waals surface area (Å²) >= 11 is 0. The molecule has 0 saturated carbocycles. The average molecular weight is 269 g/mol. The Balaban J connectivity index is 3.60. The van der Waals surface area contributed by atoms with Crippen molar-refractivity contribution in [3.8, 4) is 0 Å². The largest absolute Gasteiger partial charge is 0.465 e. The molecule has 0 aromatic carbocycles. The summed E-state index contributed by atoms with van der Waals surface area (Å²) < 4.78 is 0. The van der Waals surface area contributed by atoms with E-state index in [0.717, 1.165) is 19.3 Å². The smallest absolute Gasteiger partial charge is 0.409 e. The van der Waals surface area contributed by atoms with Gasteiger partial charge in [-0.3, -0.25) is 10.1 Å². The molecular weight excluding hydrogens is 242 g/mol. The minimum absolute atomic E-state index is 0.115. The van der Waals surface area contributed by atoms with Gasteiger partial charge in [0.05, 0.1) is 5.70 Å². The van der Waals surface area contributed by atoms with Crippen LogP contribution in [0, 0.1) is 0 Å². The van der Waals surface area contributed by atoms with Gasteiger partial charge in [-0.25, -0.2) is 4.79 Å². The van der Waals surface area contributed by atoms with E-state index in [-0.39, 0.29) is 11.5 Å². The quantitative estimate of drug-likeness (QED) is 0.435. The molecule has 110 valence electrons. The van der Waals surface area contributed by atoms with Crippen molar-refractivity contribution in [2.24, 2.45) is 0 Å². The van der Waals surface area contributed by atoms with Crippen LogP contribution in [0.2, 0.25) is 0 Å². The zero-order valence-corrected chi connectivity index (χ0v) is 12.2. The number of hydrogen-bond acceptors (Lipinski definition) is 2. The molecule has 0 unspecified atom stereocenters. The van der Waals surface area contributed by atoms with Crippen molar-refractivity contribution >= 4 is 11.9 Å². The van der Waals surface area contributed by atoms with Gasteiger partial charge in [-0.1, -0.05) is 57.9 Å². The first-order chi connectivity index (χ1) is 9.11. The van der Waals surface area contributed by atoms with Gasteiger partial charge >= 0.3 is 6.09 Å². The number of rotatable bonds is 11. The molecule has 0 aliphatic rings. The number of nitrogens with one attached hydrogen (secondary N) is 1. The van der Waals surface area contributed by atoms with Gasteiger partial charge in [-0.2, -0.15) is 0 Å². The van der Waals surface area contributed by atoms with Crippen LogP contribution in [0.3, 0.4) is 0 Å². The van der Waals surface area contributed by atoms with Crippen LogP contribution >= 0.6 is 0 Å². The molecule has 0 atom stereocenters. The van der Waals surface area contributed by atoms with Crippen molar-refractivity contribution in [3.05, 3.63) is 11.8 Å². The highest BCUT2D eigenvalue weighted by Gasteiger charge is 2.10. The van der Waals surface area contributed by atoms with E-state index in [1.54, 1.807) is 6.92 Å². The second kappa shape index (κ2) is 11.8. The lowest BCUT2D eigenvalue weighted by molar-refractivity contribution is -0.116. The second-order valence-electron chi connectivity index (χ2n) is 4.78. The standard InChI is InChI=1S/C15H27NO3/c1-3-5-6-7-8-9-10-11-12-14(17)13(4-2)16-15(18)19/h4,16H,3,5-12H2,1-2H3,(H,18,19). The zero-order chi connectivity index (χ0) is 14.5. The van der Waals surface area contributed by atoms with Crippen LogP contribution in [0.25, 0.3) is 0 Å². The lowest BCUT2D eigenvalue weighted by Crippen LogP contribution is -2.25. The van der Waals surface area contributed by atoms with Crippen LogP contribution in [0.4, 0.5) is 4.79 Å². The van der Waals surface area contributed by atoms with E-state index in [4.69, 9.17) is 5.11 Å². The first kappa shape index (κ1) is 17.7. The molecule has 0 aromatic rings. The van der Waals surface area contributed by atoms with E-state index in [1.807, 2.05) is 0 Å². The number of allylic oxidation sites excluding steroid dienone is 2. The highest BCUT2D eigenvalue weighted by atomic mass is 16.4. The Morgan fingerprint density at radius 1 is 1.00 bits per heavy atom. The number of unbranched alkanes of at least 4 members (excludes halogenated alkanes) is 7. The molecule has 4 nitrogen and oxygen atoms in total. The number of carboxylic acid groups (broad SMARTS) is 1. The molecule has 2 N–H and O–H groups in total. The van der Waals surface area contributed by atoms with Crippen molar-refractivity contribution in [1.82, 2.24) is 5.32 Å². The molecule has 0 aromatic heterocycles. The van der Waals surface area contributed by atoms with Crippen molar-refractivity contribution in [2.75, 3.05) is 0 Å². The first-order valence-electron chi connectivity index (χ1n) is 7.31. The van der Waals surface area contributed by atoms with Crippen molar-refractivity contribution in [2.45, 2.75) is 71.6 Å². The minimum Gasteiger partial charge on any atom is -0.465 e. The fourth-order valence-corrected chi connectivity index (χ4v) is 1.97. The first-order valence-corrected chi connectivity index (χ1v) is 7.31. The lowest BCUT2D eigenvalue weighted by Gasteiger charge is -2.05. The molecule has 0 aliphatic heterocycles. The summed E-state index contributed by atoms with van der Waals surface area (Å²) in [5.41, 5.74) is 0.190. The van der Waals surface area contributed by atoms with Crippen LogP contribution < -0.4 is 5.32 Å². The number of carbonyl (C=O) groups is 2. The molecule has 0 spiro atoms. The molecule has 0 saturated heterocycles. The molecule has 0 fully saturated rings. The van der Waals surface area contributed by atoms with E-state index in [1.165, 1.54) is 38.2 Å². The summed E-state index contributed by atoms with van der Waals surface area (Å²) in [5, 5.41) is 10.7. The Morgan fingerprint density at radius 2 is 1.53 bits per heavy atom. The fourth-order valence-electron chi connectivity index (χ4n) is 1.97. The maximum absolute atomic E-state index is 11.7. The topological polar surface area (TPSA) is 66.4 Å². The fraction of sp³-hybridized carbons (Fsp3) is 0.733. The second-order valence-corrected chi connectivity index (χ2v) is 4.78. The number of hydrogen-bond donors (Lipinski definition) is 2. The Bertz CT molecular complexity index is 298. The zero-order valence-electron chi connectivity index (χ0n) is 12.2. The molecule has 0 rings (SSSR count). The van der Waals surface area contributed by atoms with Gasteiger partial charge in [0.2, 0.25) is 0 Å². The molecule has 0 heterocycles. The predicted octanol–water partition coefficient (Wildman–Crippen LogP) is 4.26. The lowest BCUT2D eigenvalue weighted by atomic mass is 10.1. The Hall–Kier alpha value is -1.32. The van der Waals surface area contributed by atoms with Crippen molar-refractivity contribution in [3.63, 3.8) is 0 Å². The highest BCUT2D eigenvalue weighted by Crippen LogP contribution is 2.10. The molecule has 0 radical (unpaired) electrons. The van der Waals surface area contributed by atoms with Gasteiger partial charge < -0.3 is 5.11 Å². The van der Waals surface area contributed by atoms with E-state index in [2.05, 4.69) is 12.2 Å². The van der Waals surface area contributed by atoms with Crippen LogP contribution in [0.1, 0.15) is 71.6 Å². The van der Waals surface area contributed by atoms with E-state index < -0.39 is 6.09 Å². The number of ketones is 1. The van der Waals surface area contributed by atoms with Crippen LogP contribution in [0.15, 0.2) is 11.8 Å². The summed E-state index contributed by atoms with van der Waals surface area (Å²) in [4.78, 5) is 22.2. The molecule has 19 heavy (non-hydrogen) atoms. The van der Waals surface area contributed by atoms with Crippen LogP contribution in [-0.2, 0) is 4.79 Å². The minimum atomic E-state index is -1.18. The number of amides is 1. The summed E-state index contributed by atoms with van der Waals surface area (Å²) in [7, 11) is 0. The van der Waals surface area contributed by atoms with E-state index in [9.17, 15) is 9.59 Å². The van der Waals surface area contributed by atoms with Crippen molar-refractivity contribution < 1.29 is 14.7 Å². The average Bonchev–Trinajstić information content (AvgIpc) is 2.38. The maximum atomic E-state index is 11.7. The van der Waals surface area contributed by atoms with Gasteiger partial charge in [-0.15, -0.1) is 0 Å². The molecular formula is C15H27NO3. The van der Waals surface area contributed by atoms with Gasteiger partial charge in [0.15, 0.2) is 5.78 Å². The third kappa shape index (κ3) is 10.3. The number of carbonyl (C=O) groups excluding carboxylic acids is 1. The summed E-state index contributed by atoms with van der Waals surface area (Å²) in [6.45, 7) is 3.87. The maximum Gasteiger partial charge on any atom is 0.409 e. The highest BCUT2D eigenvalue weighted by molar-refractivity contribution is 5.97. The van der Waals surface area contributed by atoms with Crippen LogP contribution in [-0.4, -0.2) is 17.0 Å². The van der Waals surface area contributed by atoms with Crippen LogP contribution in [0.5, 0.6) is 0 Å². The molecule has 0 aliphatic carbocycles. The van der Waals surface area contributed by atoms with Gasteiger partial charge in [-0.05, 0) is 13.3 Å². The monoisotopic (exact) mass is 269 g/mol. The Labute approximate surface area is 116 Å². The van der Waals surface area contributed by atoms with Gasteiger partial charge in [0.1, 0.15) is 0 Å². The number of Topliss-reactive ketones (excluding diaryl/α,β-unsaturated/α-hetero) is 1. The normalized spacial score (nSPS) is 11.4. The Kier molecular flexibility index (Phi) is 10.9. The molecule has 0 bridgehead atoms. The SMILES string of the molecule is CC=C(NC(=O)O)C(=O)CCCCCCCCCC. The molecule has 1 amide bonds. The summed E-state index contributed by atoms with van der Waals surface area (Å²) in [6.07, 6.45) is 10.2. The van der Waals surface area contributed by atoms with E-state index >= 15 is 0 Å². The van der Waals surface area contributed by atoms with E-state index in [0.29, 0.717) is 6.42 Å².